The summed E-state index contributed by atoms with van der Waals surface area (Å²) in [5.41, 5.74) is 4.04. The van der Waals surface area contributed by atoms with Crippen LogP contribution in [-0.2, 0) is 16.1 Å². The van der Waals surface area contributed by atoms with Gasteiger partial charge in [0.1, 0.15) is 5.82 Å². The van der Waals surface area contributed by atoms with Crippen LogP contribution in [0.3, 0.4) is 0 Å². The zero-order valence-corrected chi connectivity index (χ0v) is 14.7. The maximum absolute atomic E-state index is 14.0. The van der Waals surface area contributed by atoms with E-state index in [1.807, 2.05) is 25.5 Å². The highest BCUT2D eigenvalue weighted by Gasteiger charge is 2.24. The highest BCUT2D eigenvalue weighted by Crippen LogP contribution is 2.26. The SMILES string of the molecule is COC(=O)[C@H](C)c1c(C)nn(Cc2ccc(F)c3cccnc23)c1C. The van der Waals surface area contributed by atoms with Crippen molar-refractivity contribution in [2.75, 3.05) is 7.11 Å². The van der Waals surface area contributed by atoms with Gasteiger partial charge in [0.05, 0.1) is 30.8 Å². The summed E-state index contributed by atoms with van der Waals surface area (Å²) in [5.74, 6) is -0.971. The van der Waals surface area contributed by atoms with Crippen LogP contribution in [0, 0.1) is 19.7 Å². The molecule has 0 bridgehead atoms. The van der Waals surface area contributed by atoms with E-state index in [-0.39, 0.29) is 17.7 Å². The van der Waals surface area contributed by atoms with Crippen LogP contribution in [0.4, 0.5) is 4.39 Å². The maximum atomic E-state index is 14.0. The second-order valence-corrected chi connectivity index (χ2v) is 6.09. The molecule has 0 N–H and O–H groups in total. The Kier molecular flexibility index (Phi) is 4.53. The van der Waals surface area contributed by atoms with E-state index in [9.17, 15) is 9.18 Å². The van der Waals surface area contributed by atoms with Gasteiger partial charge < -0.3 is 4.74 Å². The van der Waals surface area contributed by atoms with Gasteiger partial charge in [-0.2, -0.15) is 5.10 Å². The van der Waals surface area contributed by atoms with Crippen molar-refractivity contribution >= 4 is 16.9 Å². The summed E-state index contributed by atoms with van der Waals surface area (Å²) in [6.07, 6.45) is 1.65. The van der Waals surface area contributed by atoms with Crippen molar-refractivity contribution in [1.29, 1.82) is 0 Å². The number of carbonyl (C=O) groups excluding carboxylic acids is 1. The number of hydrogen-bond acceptors (Lipinski definition) is 4. The standard InChI is InChI=1S/C19H20FN3O2/c1-11(19(24)25-4)17-12(2)22-23(13(17)3)10-14-7-8-16(20)15-6-5-9-21-18(14)15/h5-9,11H,10H2,1-4H3/t11-/m1/s1. The molecule has 3 aromatic rings. The Hall–Kier alpha value is -2.76. The Morgan fingerprint density at radius 3 is 2.80 bits per heavy atom. The number of ether oxygens (including phenoxy) is 1. The molecule has 0 saturated heterocycles. The minimum atomic E-state index is -0.387. The molecule has 0 aliphatic heterocycles. The predicted octanol–water partition coefficient (Wildman–Crippen LogP) is 3.51. The number of nitrogens with zero attached hydrogens (tertiary/aromatic N) is 3. The second kappa shape index (κ2) is 6.63. The number of rotatable bonds is 4. The first-order valence-electron chi connectivity index (χ1n) is 8.08. The number of hydrogen-bond donors (Lipinski definition) is 0. The van der Waals surface area contributed by atoms with Crippen molar-refractivity contribution in [1.82, 2.24) is 14.8 Å². The van der Waals surface area contributed by atoms with Crippen molar-refractivity contribution in [3.05, 3.63) is 58.8 Å². The molecule has 0 saturated carbocycles. The average Bonchev–Trinajstić information content (AvgIpc) is 2.90. The van der Waals surface area contributed by atoms with Gasteiger partial charge in [0.2, 0.25) is 0 Å². The maximum Gasteiger partial charge on any atom is 0.312 e. The topological polar surface area (TPSA) is 57.0 Å². The lowest BCUT2D eigenvalue weighted by atomic mass is 9.99. The largest absolute Gasteiger partial charge is 0.469 e. The zero-order valence-electron chi connectivity index (χ0n) is 14.7. The first-order chi connectivity index (χ1) is 11.9. The van der Waals surface area contributed by atoms with Crippen molar-refractivity contribution in [2.24, 2.45) is 0 Å². The molecular formula is C19H20FN3O2. The molecule has 2 aromatic heterocycles. The molecule has 2 heterocycles. The zero-order chi connectivity index (χ0) is 18.1. The predicted molar refractivity (Wildman–Crippen MR) is 92.9 cm³/mol. The number of fused-ring (bicyclic) bond motifs is 1. The highest BCUT2D eigenvalue weighted by molar-refractivity contribution is 5.82. The van der Waals surface area contributed by atoms with Gasteiger partial charge in [-0.05, 0) is 39.0 Å². The van der Waals surface area contributed by atoms with E-state index in [0.717, 1.165) is 22.5 Å². The third kappa shape index (κ3) is 2.99. The van der Waals surface area contributed by atoms with Crippen LogP contribution in [0.15, 0.2) is 30.5 Å². The molecule has 0 fully saturated rings. The first-order valence-corrected chi connectivity index (χ1v) is 8.08. The summed E-state index contributed by atoms with van der Waals surface area (Å²) in [6.45, 7) is 6.06. The number of halogens is 1. The second-order valence-electron chi connectivity index (χ2n) is 6.09. The van der Waals surface area contributed by atoms with Gasteiger partial charge >= 0.3 is 5.97 Å². The number of aromatic nitrogens is 3. The van der Waals surface area contributed by atoms with Crippen LogP contribution in [-0.4, -0.2) is 27.8 Å². The van der Waals surface area contributed by atoms with Crippen LogP contribution >= 0.6 is 0 Å². The third-order valence-corrected chi connectivity index (χ3v) is 4.55. The van der Waals surface area contributed by atoms with E-state index in [1.165, 1.54) is 13.2 Å². The number of benzene rings is 1. The molecule has 0 spiro atoms. The van der Waals surface area contributed by atoms with Crippen LogP contribution in [0.25, 0.3) is 10.9 Å². The third-order valence-electron chi connectivity index (χ3n) is 4.55. The van der Waals surface area contributed by atoms with Crippen molar-refractivity contribution in [3.63, 3.8) is 0 Å². The van der Waals surface area contributed by atoms with Gasteiger partial charge in [0.15, 0.2) is 0 Å². The minimum absolute atomic E-state index is 0.291. The lowest BCUT2D eigenvalue weighted by molar-refractivity contribution is -0.142. The quantitative estimate of drug-likeness (QED) is 0.682. The van der Waals surface area contributed by atoms with Gasteiger partial charge in [-0.3, -0.25) is 14.5 Å². The molecule has 25 heavy (non-hydrogen) atoms. The van der Waals surface area contributed by atoms with E-state index in [1.54, 1.807) is 24.4 Å². The van der Waals surface area contributed by atoms with E-state index in [4.69, 9.17) is 4.74 Å². The van der Waals surface area contributed by atoms with Gasteiger partial charge in [-0.1, -0.05) is 6.07 Å². The average molecular weight is 341 g/mol. The van der Waals surface area contributed by atoms with Crippen LogP contribution in [0.2, 0.25) is 0 Å². The first kappa shape index (κ1) is 17.1. The van der Waals surface area contributed by atoms with E-state index in [2.05, 4.69) is 10.1 Å². The molecule has 1 atom stereocenters. The fourth-order valence-electron chi connectivity index (χ4n) is 3.27. The van der Waals surface area contributed by atoms with E-state index >= 15 is 0 Å². The highest BCUT2D eigenvalue weighted by atomic mass is 19.1. The van der Waals surface area contributed by atoms with Gasteiger partial charge in [0.25, 0.3) is 0 Å². The van der Waals surface area contributed by atoms with Crippen LogP contribution in [0.5, 0.6) is 0 Å². The number of carbonyl (C=O) groups is 1. The summed E-state index contributed by atoms with van der Waals surface area (Å²) in [4.78, 5) is 16.2. The molecular weight excluding hydrogens is 321 g/mol. The summed E-state index contributed by atoms with van der Waals surface area (Å²) in [7, 11) is 1.38. The molecule has 0 aliphatic carbocycles. The van der Waals surface area contributed by atoms with Gasteiger partial charge in [0, 0.05) is 28.4 Å². The lowest BCUT2D eigenvalue weighted by Crippen LogP contribution is -2.13. The number of pyridine rings is 1. The molecule has 6 heteroatoms. The number of aryl methyl sites for hydroxylation is 1. The van der Waals surface area contributed by atoms with Crippen molar-refractivity contribution in [2.45, 2.75) is 33.2 Å². The summed E-state index contributed by atoms with van der Waals surface area (Å²) >= 11 is 0. The molecule has 0 unspecified atom stereocenters. The normalized spacial score (nSPS) is 12.4. The molecule has 130 valence electrons. The summed E-state index contributed by atoms with van der Waals surface area (Å²) in [6, 6.07) is 6.61. The fourth-order valence-corrected chi connectivity index (χ4v) is 3.27. The Bertz CT molecular complexity index is 949. The van der Waals surface area contributed by atoms with E-state index in [0.29, 0.717) is 17.4 Å². The van der Waals surface area contributed by atoms with Crippen LogP contribution < -0.4 is 0 Å². The molecule has 0 radical (unpaired) electrons. The lowest BCUT2D eigenvalue weighted by Gasteiger charge is -2.11. The number of esters is 1. The van der Waals surface area contributed by atoms with Crippen LogP contribution in [0.1, 0.15) is 35.4 Å². The molecule has 3 rings (SSSR count). The Labute approximate surface area is 145 Å². The Balaban J connectivity index is 2.03. The molecule has 1 aromatic carbocycles. The van der Waals surface area contributed by atoms with Crippen molar-refractivity contribution in [3.8, 4) is 0 Å². The van der Waals surface area contributed by atoms with Gasteiger partial charge in [-0.25, -0.2) is 4.39 Å². The molecule has 5 nitrogen and oxygen atoms in total. The van der Waals surface area contributed by atoms with Crippen molar-refractivity contribution < 1.29 is 13.9 Å². The monoisotopic (exact) mass is 341 g/mol. The van der Waals surface area contributed by atoms with Gasteiger partial charge in [-0.15, -0.1) is 0 Å². The Morgan fingerprint density at radius 1 is 1.32 bits per heavy atom. The molecule has 0 aliphatic rings. The summed E-state index contributed by atoms with van der Waals surface area (Å²) in [5, 5.41) is 5.05. The minimum Gasteiger partial charge on any atom is -0.469 e. The Morgan fingerprint density at radius 2 is 2.08 bits per heavy atom. The van der Waals surface area contributed by atoms with E-state index < -0.39 is 0 Å². The number of methoxy groups -OCH3 is 1. The smallest absolute Gasteiger partial charge is 0.312 e. The fraction of sp³-hybridized carbons (Fsp3) is 0.316. The molecule has 0 amide bonds. The summed E-state index contributed by atoms with van der Waals surface area (Å²) < 4.78 is 20.6.